The Morgan fingerprint density at radius 3 is 2.76 bits per heavy atom. The van der Waals surface area contributed by atoms with Gasteiger partial charge in [-0.2, -0.15) is 0 Å². The molecule has 0 aromatic heterocycles. The molecule has 1 aliphatic rings. The summed E-state index contributed by atoms with van der Waals surface area (Å²) < 4.78 is 0.908. The SMILES string of the molecule is Cc1ccc(NC(=O)CC2(N)CCC2)c(Br)c1. The van der Waals surface area contributed by atoms with Gasteiger partial charge in [0.15, 0.2) is 0 Å². The topological polar surface area (TPSA) is 55.1 Å². The van der Waals surface area contributed by atoms with Crippen LogP contribution in [0.5, 0.6) is 0 Å². The van der Waals surface area contributed by atoms with E-state index in [1.54, 1.807) is 0 Å². The van der Waals surface area contributed by atoms with Gasteiger partial charge in [-0.1, -0.05) is 6.07 Å². The van der Waals surface area contributed by atoms with E-state index in [1.807, 2.05) is 25.1 Å². The number of hydrogen-bond acceptors (Lipinski definition) is 2. The van der Waals surface area contributed by atoms with Gasteiger partial charge in [0.25, 0.3) is 0 Å². The second kappa shape index (κ2) is 4.78. The first kappa shape index (κ1) is 12.6. The van der Waals surface area contributed by atoms with Crippen molar-refractivity contribution in [1.82, 2.24) is 0 Å². The van der Waals surface area contributed by atoms with E-state index in [2.05, 4.69) is 21.2 Å². The molecule has 1 fully saturated rings. The molecule has 1 aromatic rings. The van der Waals surface area contributed by atoms with Crippen LogP contribution in [0.15, 0.2) is 22.7 Å². The molecule has 17 heavy (non-hydrogen) atoms. The lowest BCUT2D eigenvalue weighted by Crippen LogP contribution is -2.48. The number of rotatable bonds is 3. The van der Waals surface area contributed by atoms with Crippen LogP contribution in [0, 0.1) is 6.92 Å². The fourth-order valence-electron chi connectivity index (χ4n) is 2.04. The van der Waals surface area contributed by atoms with Crippen molar-refractivity contribution in [2.24, 2.45) is 5.73 Å². The van der Waals surface area contributed by atoms with Gasteiger partial charge in [0.2, 0.25) is 5.91 Å². The maximum absolute atomic E-state index is 11.8. The first-order valence-electron chi connectivity index (χ1n) is 5.83. The Kier molecular flexibility index (Phi) is 3.54. The summed E-state index contributed by atoms with van der Waals surface area (Å²) in [5.74, 6) is -0.00301. The molecule has 0 unspecified atom stereocenters. The molecule has 0 saturated heterocycles. The summed E-state index contributed by atoms with van der Waals surface area (Å²) in [5.41, 5.74) is 7.75. The van der Waals surface area contributed by atoms with Gasteiger partial charge in [-0.3, -0.25) is 4.79 Å². The first-order valence-corrected chi connectivity index (χ1v) is 6.63. The van der Waals surface area contributed by atoms with Crippen molar-refractivity contribution in [3.63, 3.8) is 0 Å². The largest absolute Gasteiger partial charge is 0.325 e. The van der Waals surface area contributed by atoms with Gasteiger partial charge in [-0.25, -0.2) is 0 Å². The number of carbonyl (C=O) groups excluding carboxylic acids is 1. The van der Waals surface area contributed by atoms with Crippen LogP contribution in [0.2, 0.25) is 0 Å². The molecule has 0 bridgehead atoms. The fraction of sp³-hybridized carbons (Fsp3) is 0.462. The third-order valence-corrected chi connectivity index (χ3v) is 3.92. The molecule has 0 aliphatic heterocycles. The number of halogens is 1. The van der Waals surface area contributed by atoms with E-state index in [9.17, 15) is 4.79 Å². The van der Waals surface area contributed by atoms with Crippen molar-refractivity contribution in [2.75, 3.05) is 5.32 Å². The number of anilines is 1. The molecule has 4 heteroatoms. The molecule has 92 valence electrons. The average molecular weight is 297 g/mol. The highest BCUT2D eigenvalue weighted by Crippen LogP contribution is 2.32. The smallest absolute Gasteiger partial charge is 0.226 e. The Balaban J connectivity index is 1.98. The second-order valence-corrected chi connectivity index (χ2v) is 5.78. The molecule has 3 nitrogen and oxygen atoms in total. The molecule has 3 N–H and O–H groups in total. The first-order chi connectivity index (χ1) is 7.98. The van der Waals surface area contributed by atoms with Gasteiger partial charge in [0, 0.05) is 16.4 Å². The maximum atomic E-state index is 11.8. The zero-order valence-corrected chi connectivity index (χ0v) is 11.5. The van der Waals surface area contributed by atoms with Gasteiger partial charge < -0.3 is 11.1 Å². The highest BCUT2D eigenvalue weighted by Gasteiger charge is 2.34. The van der Waals surface area contributed by atoms with Crippen molar-refractivity contribution >= 4 is 27.5 Å². The van der Waals surface area contributed by atoms with Crippen LogP contribution in [0.4, 0.5) is 5.69 Å². The van der Waals surface area contributed by atoms with Gasteiger partial charge in [-0.05, 0) is 59.8 Å². The van der Waals surface area contributed by atoms with Crippen LogP contribution in [0.3, 0.4) is 0 Å². The summed E-state index contributed by atoms with van der Waals surface area (Å²) in [6, 6.07) is 5.86. The van der Waals surface area contributed by atoms with E-state index >= 15 is 0 Å². The van der Waals surface area contributed by atoms with E-state index in [1.165, 1.54) is 0 Å². The summed E-state index contributed by atoms with van der Waals surface area (Å²) in [6.07, 6.45) is 3.45. The van der Waals surface area contributed by atoms with Gasteiger partial charge >= 0.3 is 0 Å². The van der Waals surface area contributed by atoms with E-state index in [-0.39, 0.29) is 11.4 Å². The third-order valence-electron chi connectivity index (χ3n) is 3.26. The van der Waals surface area contributed by atoms with Crippen LogP contribution in [0.25, 0.3) is 0 Å². The molecule has 0 heterocycles. The lowest BCUT2D eigenvalue weighted by atomic mass is 9.75. The molecule has 2 rings (SSSR count). The predicted octanol–water partition coefficient (Wildman–Crippen LogP) is 2.97. The van der Waals surface area contributed by atoms with Crippen molar-refractivity contribution in [2.45, 2.75) is 38.1 Å². The Morgan fingerprint density at radius 2 is 2.24 bits per heavy atom. The minimum absolute atomic E-state index is 0.00301. The standard InChI is InChI=1S/C13H17BrN2O/c1-9-3-4-11(10(14)7-9)16-12(17)8-13(15)5-2-6-13/h3-4,7H,2,5-6,8,15H2,1H3,(H,16,17). The van der Waals surface area contributed by atoms with E-state index in [0.29, 0.717) is 6.42 Å². The number of nitrogens with one attached hydrogen (secondary N) is 1. The van der Waals surface area contributed by atoms with Crippen LogP contribution in [-0.2, 0) is 4.79 Å². The number of hydrogen-bond donors (Lipinski definition) is 2. The molecule has 1 saturated carbocycles. The summed E-state index contributed by atoms with van der Waals surface area (Å²) in [6.45, 7) is 2.01. The summed E-state index contributed by atoms with van der Waals surface area (Å²) in [4.78, 5) is 11.8. The normalized spacial score (nSPS) is 17.4. The molecule has 0 atom stereocenters. The number of nitrogens with two attached hydrogens (primary N) is 1. The van der Waals surface area contributed by atoms with Crippen LogP contribution >= 0.6 is 15.9 Å². The highest BCUT2D eigenvalue weighted by molar-refractivity contribution is 9.10. The Bertz CT molecular complexity index is 441. The molecular weight excluding hydrogens is 280 g/mol. The van der Waals surface area contributed by atoms with Crippen molar-refractivity contribution < 1.29 is 4.79 Å². The fourth-order valence-corrected chi connectivity index (χ4v) is 2.64. The van der Waals surface area contributed by atoms with Crippen LogP contribution < -0.4 is 11.1 Å². The second-order valence-electron chi connectivity index (χ2n) is 4.92. The highest BCUT2D eigenvalue weighted by atomic mass is 79.9. The molecular formula is C13H17BrN2O. The van der Waals surface area contributed by atoms with Crippen molar-refractivity contribution in [3.8, 4) is 0 Å². The Morgan fingerprint density at radius 1 is 1.53 bits per heavy atom. The molecule has 1 aliphatic carbocycles. The lowest BCUT2D eigenvalue weighted by molar-refractivity contribution is -0.118. The minimum atomic E-state index is -0.263. The number of benzene rings is 1. The van der Waals surface area contributed by atoms with Gasteiger partial charge in [0.05, 0.1) is 5.69 Å². The zero-order chi connectivity index (χ0) is 12.5. The minimum Gasteiger partial charge on any atom is -0.325 e. The third kappa shape index (κ3) is 3.07. The van der Waals surface area contributed by atoms with Gasteiger partial charge in [-0.15, -0.1) is 0 Å². The quantitative estimate of drug-likeness (QED) is 0.901. The maximum Gasteiger partial charge on any atom is 0.226 e. The zero-order valence-electron chi connectivity index (χ0n) is 9.92. The summed E-state index contributed by atoms with van der Waals surface area (Å²) in [7, 11) is 0. The van der Waals surface area contributed by atoms with Crippen molar-refractivity contribution in [1.29, 1.82) is 0 Å². The van der Waals surface area contributed by atoms with Crippen LogP contribution in [0.1, 0.15) is 31.2 Å². The average Bonchev–Trinajstić information content (AvgIpc) is 2.20. The van der Waals surface area contributed by atoms with E-state index in [4.69, 9.17) is 5.73 Å². The number of carbonyl (C=O) groups is 1. The monoisotopic (exact) mass is 296 g/mol. The number of aryl methyl sites for hydroxylation is 1. The van der Waals surface area contributed by atoms with Gasteiger partial charge in [0.1, 0.15) is 0 Å². The summed E-state index contributed by atoms with van der Waals surface area (Å²) in [5, 5.41) is 2.90. The number of amides is 1. The lowest BCUT2D eigenvalue weighted by Gasteiger charge is -2.37. The molecule has 0 radical (unpaired) electrons. The van der Waals surface area contributed by atoms with Crippen LogP contribution in [-0.4, -0.2) is 11.4 Å². The van der Waals surface area contributed by atoms with E-state index < -0.39 is 0 Å². The van der Waals surface area contributed by atoms with E-state index in [0.717, 1.165) is 35.0 Å². The Hall–Kier alpha value is -0.870. The Labute approximate surface area is 110 Å². The summed E-state index contributed by atoms with van der Waals surface area (Å²) >= 11 is 3.44. The van der Waals surface area contributed by atoms with Crippen molar-refractivity contribution in [3.05, 3.63) is 28.2 Å². The predicted molar refractivity (Wildman–Crippen MR) is 72.9 cm³/mol. The molecule has 1 aromatic carbocycles. The molecule has 1 amide bonds. The molecule has 0 spiro atoms.